The minimum Gasteiger partial charge on any atom is -0.241 e. The second-order valence-electron chi connectivity index (χ2n) is 2.28. The first-order chi connectivity index (χ1) is 6.02. The van der Waals surface area contributed by atoms with Crippen LogP contribution in [0.4, 0.5) is 18.9 Å². The number of halogens is 3. The average Bonchev–Trinajstić information content (AvgIpc) is 2.04. The topological polar surface area (TPSA) is 40.3 Å². The number of hydrogen-bond donors (Lipinski definition) is 1. The van der Waals surface area contributed by atoms with Crippen LogP contribution in [-0.2, 0) is 0 Å². The largest absolute Gasteiger partial charge is 0.317 e. The Morgan fingerprint density at radius 3 is 2.46 bits per heavy atom. The van der Waals surface area contributed by atoms with Gasteiger partial charge in [-0.25, -0.2) is 18.4 Å². The Labute approximate surface area is 70.9 Å². The summed E-state index contributed by atoms with van der Waals surface area (Å²) in [4.78, 5) is 9.63. The lowest BCUT2D eigenvalue weighted by molar-refractivity contribution is -0.729. The Morgan fingerprint density at radius 2 is 2.00 bits per heavy atom. The fourth-order valence-corrected chi connectivity index (χ4v) is 0.817. The zero-order chi connectivity index (χ0) is 10.0. The van der Waals surface area contributed by atoms with E-state index in [-0.39, 0.29) is 0 Å². The molecule has 0 spiro atoms. The summed E-state index contributed by atoms with van der Waals surface area (Å²) in [5.41, 5.74) is -1.34. The van der Waals surface area contributed by atoms with Crippen LogP contribution in [0.3, 0.4) is 0 Å². The molecule has 0 aliphatic heterocycles. The van der Waals surface area contributed by atoms with E-state index in [2.05, 4.69) is 0 Å². The first kappa shape index (κ1) is 9.50. The number of benzene rings is 1. The molecule has 0 radical (unpaired) electrons. The minimum atomic E-state index is -3.01. The van der Waals surface area contributed by atoms with Crippen LogP contribution in [0.5, 0.6) is 0 Å². The Balaban J connectivity index is 3.19. The normalized spacial score (nSPS) is 10.5. The predicted molar refractivity (Wildman–Crippen MR) is 36.4 cm³/mol. The maximum atomic E-state index is 12.6. The van der Waals surface area contributed by atoms with E-state index >= 15 is 0 Å². The predicted octanol–water partition coefficient (Wildman–Crippen LogP) is 2.56. The maximum Gasteiger partial charge on any atom is 0.317 e. The lowest BCUT2D eigenvalue weighted by atomic mass is 10.2. The number of rotatable bonds is 2. The summed E-state index contributed by atoms with van der Waals surface area (Å²) in [6, 6.07) is 2.18. The molecule has 0 unspecified atom stereocenters. The van der Waals surface area contributed by atoms with Crippen LogP contribution in [0.15, 0.2) is 18.2 Å². The molecule has 3 nitrogen and oxygen atoms in total. The average molecular weight is 192 g/mol. The highest BCUT2D eigenvalue weighted by Gasteiger charge is 2.20. The van der Waals surface area contributed by atoms with E-state index in [1.165, 1.54) is 0 Å². The summed E-state index contributed by atoms with van der Waals surface area (Å²) >= 11 is 0. The highest BCUT2D eigenvalue weighted by atomic mass is 19.3. The van der Waals surface area contributed by atoms with Gasteiger partial charge < -0.3 is 0 Å². The van der Waals surface area contributed by atoms with Crippen LogP contribution in [-0.4, -0.2) is 10.1 Å². The molecule has 0 bridgehead atoms. The number of alkyl halides is 2. The summed E-state index contributed by atoms with van der Waals surface area (Å²) in [7, 11) is 0. The van der Waals surface area contributed by atoms with Gasteiger partial charge in [0.2, 0.25) is 0 Å². The van der Waals surface area contributed by atoms with Crippen LogP contribution in [0, 0.1) is 10.7 Å². The quantitative estimate of drug-likeness (QED) is 0.731. The Kier molecular flexibility index (Phi) is 2.50. The van der Waals surface area contributed by atoms with Gasteiger partial charge in [0, 0.05) is 12.1 Å². The minimum absolute atomic E-state index is 0.434. The summed E-state index contributed by atoms with van der Waals surface area (Å²) in [5, 5.41) is 8.33. The van der Waals surface area contributed by atoms with Crippen molar-refractivity contribution in [2.75, 3.05) is 0 Å². The smallest absolute Gasteiger partial charge is 0.241 e. The Hall–Kier alpha value is -1.59. The summed E-state index contributed by atoms with van der Waals surface area (Å²) in [6.07, 6.45) is -3.01. The first-order valence-corrected chi connectivity index (χ1v) is 3.26. The molecule has 0 amide bonds. The third-order valence-electron chi connectivity index (χ3n) is 1.44. The summed E-state index contributed by atoms with van der Waals surface area (Å²) < 4.78 is 36.7. The second-order valence-corrected chi connectivity index (χ2v) is 2.28. The molecule has 1 aromatic rings. The molecular formula is C7H5F3NO2+. The molecule has 13 heavy (non-hydrogen) atoms. The van der Waals surface area contributed by atoms with Crippen molar-refractivity contribution in [1.82, 2.24) is 0 Å². The molecule has 0 atom stereocenters. The third kappa shape index (κ3) is 1.95. The van der Waals surface area contributed by atoms with E-state index < -0.39 is 28.4 Å². The van der Waals surface area contributed by atoms with Crippen molar-refractivity contribution in [3.8, 4) is 0 Å². The Morgan fingerprint density at radius 1 is 1.38 bits per heavy atom. The van der Waals surface area contributed by atoms with Gasteiger partial charge in [-0.1, -0.05) is 0 Å². The van der Waals surface area contributed by atoms with Gasteiger partial charge >= 0.3 is 5.69 Å². The number of hydrogen-bond acceptors (Lipinski definition) is 1. The van der Waals surface area contributed by atoms with E-state index in [1.807, 2.05) is 0 Å². The van der Waals surface area contributed by atoms with Crippen molar-refractivity contribution < 1.29 is 23.3 Å². The van der Waals surface area contributed by atoms with E-state index in [0.29, 0.717) is 12.1 Å². The summed E-state index contributed by atoms with van der Waals surface area (Å²) in [6.45, 7) is 0. The molecule has 6 heteroatoms. The van der Waals surface area contributed by atoms with Crippen molar-refractivity contribution >= 4 is 5.69 Å². The fourth-order valence-electron chi connectivity index (χ4n) is 0.817. The van der Waals surface area contributed by atoms with E-state index in [0.717, 1.165) is 6.07 Å². The van der Waals surface area contributed by atoms with Gasteiger partial charge in [0.05, 0.1) is 10.5 Å². The van der Waals surface area contributed by atoms with Gasteiger partial charge in [0.15, 0.2) is 0 Å². The molecule has 0 saturated carbocycles. The van der Waals surface area contributed by atoms with Gasteiger partial charge in [-0.3, -0.25) is 0 Å². The van der Waals surface area contributed by atoms with Crippen LogP contribution in [0.25, 0.3) is 0 Å². The third-order valence-corrected chi connectivity index (χ3v) is 1.44. The van der Waals surface area contributed by atoms with Crippen molar-refractivity contribution in [2.24, 2.45) is 0 Å². The first-order valence-electron chi connectivity index (χ1n) is 3.26. The fraction of sp³-hybridized carbons (Fsp3) is 0.143. The molecule has 1 aromatic carbocycles. The van der Waals surface area contributed by atoms with Crippen LogP contribution < -0.4 is 0 Å². The second kappa shape index (κ2) is 3.42. The molecule has 70 valence electrons. The molecule has 1 rings (SSSR count). The molecule has 0 saturated heterocycles. The zero-order valence-electron chi connectivity index (χ0n) is 6.25. The highest BCUT2D eigenvalue weighted by Crippen LogP contribution is 2.25. The van der Waals surface area contributed by atoms with E-state index in [9.17, 15) is 18.1 Å². The van der Waals surface area contributed by atoms with Crippen molar-refractivity contribution in [3.63, 3.8) is 0 Å². The van der Waals surface area contributed by atoms with Crippen LogP contribution in [0.1, 0.15) is 12.0 Å². The lowest BCUT2D eigenvalue weighted by Gasteiger charge is -1.98. The number of nitrogens with zero attached hydrogens (tertiary/aromatic N) is 1. The lowest BCUT2D eigenvalue weighted by Crippen LogP contribution is -1.96. The van der Waals surface area contributed by atoms with Crippen molar-refractivity contribution in [3.05, 3.63) is 34.5 Å². The highest BCUT2D eigenvalue weighted by molar-refractivity contribution is 5.35. The van der Waals surface area contributed by atoms with Gasteiger partial charge in [0.1, 0.15) is 5.82 Å². The van der Waals surface area contributed by atoms with E-state index in [1.54, 1.807) is 0 Å². The Bertz CT molecular complexity index is 341. The SMILES string of the molecule is O=[N+](O)c1ccc(F)c(C(F)F)c1. The van der Waals surface area contributed by atoms with Crippen molar-refractivity contribution in [2.45, 2.75) is 6.43 Å². The standard InChI is InChI=1S/C7H5F3NO2/c8-6-2-1-4(11(12)13)3-5(6)7(9)10/h1-3,7H,(H,12,13)/q+1. The molecule has 1 N–H and O–H groups in total. The molecule has 0 aliphatic carbocycles. The summed E-state index contributed by atoms with van der Waals surface area (Å²) in [5.74, 6) is -1.11. The monoisotopic (exact) mass is 192 g/mol. The van der Waals surface area contributed by atoms with Gasteiger partial charge in [-0.15, -0.1) is 0 Å². The van der Waals surface area contributed by atoms with Crippen LogP contribution >= 0.6 is 0 Å². The maximum absolute atomic E-state index is 12.6. The zero-order valence-corrected chi connectivity index (χ0v) is 6.25. The van der Waals surface area contributed by atoms with Gasteiger partial charge in [-0.2, -0.15) is 0 Å². The van der Waals surface area contributed by atoms with Gasteiger partial charge in [-0.05, 0) is 6.07 Å². The van der Waals surface area contributed by atoms with Crippen LogP contribution in [0.2, 0.25) is 0 Å². The van der Waals surface area contributed by atoms with E-state index in [4.69, 9.17) is 5.21 Å². The van der Waals surface area contributed by atoms with Crippen molar-refractivity contribution in [1.29, 1.82) is 0 Å². The molecule has 0 aromatic heterocycles. The molecule has 0 aliphatic rings. The van der Waals surface area contributed by atoms with Gasteiger partial charge in [0.25, 0.3) is 11.3 Å². The molecule has 0 fully saturated rings. The molecule has 0 heterocycles. The molecular weight excluding hydrogens is 187 g/mol.